The minimum atomic E-state index is -4.72. The van der Waals surface area contributed by atoms with Crippen LogP contribution in [0.15, 0.2) is 24.3 Å². The summed E-state index contributed by atoms with van der Waals surface area (Å²) in [6.45, 7) is 1.97. The van der Waals surface area contributed by atoms with E-state index in [9.17, 15) is 18.0 Å². The molecule has 2 aromatic rings. The molecule has 0 fully saturated rings. The molecule has 1 aromatic carbocycles. The molecule has 7 heteroatoms. The molecule has 0 bridgehead atoms. The van der Waals surface area contributed by atoms with E-state index in [1.807, 2.05) is 0 Å². The fourth-order valence-corrected chi connectivity index (χ4v) is 3.49. The molecule has 0 unspecified atom stereocenters. The van der Waals surface area contributed by atoms with Gasteiger partial charge in [0, 0.05) is 0 Å². The molecule has 0 aliphatic carbocycles. The van der Waals surface area contributed by atoms with Gasteiger partial charge in [-0.1, -0.05) is 0 Å². The summed E-state index contributed by atoms with van der Waals surface area (Å²) in [6, 6.07) is 5.61. The van der Waals surface area contributed by atoms with Gasteiger partial charge in [0.25, 0.3) is 0 Å². The normalized spacial score (nSPS) is 11.6. The Morgan fingerprint density at radius 3 is 2.68 bits per heavy atom. The summed E-state index contributed by atoms with van der Waals surface area (Å²) in [5.41, 5.74) is 0. The van der Waals surface area contributed by atoms with Crippen LogP contribution in [0.2, 0.25) is 0 Å². The van der Waals surface area contributed by atoms with Crippen molar-refractivity contribution >= 4 is 30.1 Å². The quantitative estimate of drug-likeness (QED) is 0.638. The van der Waals surface area contributed by atoms with Gasteiger partial charge in [0.15, 0.2) is 0 Å². The van der Waals surface area contributed by atoms with Crippen LogP contribution in [0.25, 0.3) is 9.65 Å². The zero-order chi connectivity index (χ0) is 14.0. The van der Waals surface area contributed by atoms with Crippen LogP contribution < -0.4 is 4.74 Å². The standard InChI is InChI=1S/C12H9F3O3Se/c1-2-17-11(16)10-6-7-5-8(18-12(13,14)15)3-4-9(7)19-10/h3-6H,2H2,1H3. The van der Waals surface area contributed by atoms with Crippen molar-refractivity contribution in [2.24, 2.45) is 0 Å². The van der Waals surface area contributed by atoms with Crippen molar-refractivity contribution in [2.45, 2.75) is 13.3 Å². The second kappa shape index (κ2) is 5.27. The third-order valence-electron chi connectivity index (χ3n) is 2.20. The molecule has 102 valence electrons. The Bertz CT molecular complexity index is 604. The second-order valence-corrected chi connectivity index (χ2v) is 5.85. The summed E-state index contributed by atoms with van der Waals surface area (Å²) in [6.07, 6.45) is -4.72. The number of ether oxygens (including phenoxy) is 2. The van der Waals surface area contributed by atoms with E-state index >= 15 is 0 Å². The summed E-state index contributed by atoms with van der Waals surface area (Å²) in [7, 11) is 0. The van der Waals surface area contributed by atoms with Crippen LogP contribution in [-0.4, -0.2) is 33.4 Å². The van der Waals surface area contributed by atoms with Gasteiger partial charge in [-0.3, -0.25) is 0 Å². The van der Waals surface area contributed by atoms with Crippen LogP contribution in [0.4, 0.5) is 13.2 Å². The third-order valence-corrected chi connectivity index (χ3v) is 4.50. The van der Waals surface area contributed by atoms with Crippen LogP contribution in [0.3, 0.4) is 0 Å². The summed E-state index contributed by atoms with van der Waals surface area (Å²) >= 11 is -0.238. The average Bonchev–Trinajstić information content (AvgIpc) is 2.70. The number of alkyl halides is 3. The molecule has 0 saturated heterocycles. The van der Waals surface area contributed by atoms with E-state index in [0.29, 0.717) is 9.82 Å². The molecule has 19 heavy (non-hydrogen) atoms. The Labute approximate surface area is 112 Å². The first-order chi connectivity index (χ1) is 8.89. The number of carbonyl (C=O) groups is 1. The van der Waals surface area contributed by atoms with E-state index in [-0.39, 0.29) is 26.9 Å². The molecule has 0 saturated carbocycles. The van der Waals surface area contributed by atoms with E-state index in [4.69, 9.17) is 4.74 Å². The first kappa shape index (κ1) is 14.0. The first-order valence-electron chi connectivity index (χ1n) is 5.35. The minimum absolute atomic E-state index is 0.238. The summed E-state index contributed by atoms with van der Waals surface area (Å²) in [5.74, 6) is -0.708. The van der Waals surface area contributed by atoms with Gasteiger partial charge in [-0.15, -0.1) is 0 Å². The topological polar surface area (TPSA) is 35.5 Å². The van der Waals surface area contributed by atoms with Crippen molar-refractivity contribution in [3.05, 3.63) is 28.7 Å². The number of hydrogen-bond acceptors (Lipinski definition) is 3. The Kier molecular flexibility index (Phi) is 3.87. The zero-order valence-corrected chi connectivity index (χ0v) is 11.5. The van der Waals surface area contributed by atoms with E-state index in [1.165, 1.54) is 12.1 Å². The van der Waals surface area contributed by atoms with Crippen molar-refractivity contribution in [3.63, 3.8) is 0 Å². The van der Waals surface area contributed by atoms with Gasteiger partial charge in [0.2, 0.25) is 0 Å². The molecule has 1 heterocycles. The summed E-state index contributed by atoms with van der Waals surface area (Å²) < 4.78 is 46.3. The van der Waals surface area contributed by atoms with E-state index in [2.05, 4.69) is 4.74 Å². The maximum absolute atomic E-state index is 12.1. The maximum atomic E-state index is 12.1. The summed E-state index contributed by atoms with van der Waals surface area (Å²) in [5, 5.41) is 0.574. The van der Waals surface area contributed by atoms with Crippen LogP contribution in [0, 0.1) is 0 Å². The van der Waals surface area contributed by atoms with Gasteiger partial charge < -0.3 is 0 Å². The van der Waals surface area contributed by atoms with Crippen LogP contribution in [0.1, 0.15) is 16.2 Å². The molecule has 0 radical (unpaired) electrons. The number of halogens is 3. The molecule has 0 atom stereocenters. The number of carbonyl (C=O) groups excluding carboxylic acids is 1. The molecule has 0 amide bonds. The van der Waals surface area contributed by atoms with Crippen molar-refractivity contribution in [1.29, 1.82) is 0 Å². The fourth-order valence-electron chi connectivity index (χ4n) is 1.52. The molecular weight excluding hydrogens is 328 g/mol. The molecule has 3 nitrogen and oxygen atoms in total. The number of benzene rings is 1. The molecule has 0 aliphatic rings. The first-order valence-corrected chi connectivity index (χ1v) is 7.07. The predicted molar refractivity (Wildman–Crippen MR) is 63.5 cm³/mol. The zero-order valence-electron chi connectivity index (χ0n) is 9.78. The molecule has 0 N–H and O–H groups in total. The molecule has 0 aliphatic heterocycles. The Balaban J connectivity index is 2.31. The Morgan fingerprint density at radius 1 is 1.32 bits per heavy atom. The van der Waals surface area contributed by atoms with Gasteiger partial charge in [-0.05, 0) is 0 Å². The van der Waals surface area contributed by atoms with Gasteiger partial charge in [0.05, 0.1) is 0 Å². The molecule has 0 spiro atoms. The van der Waals surface area contributed by atoms with Gasteiger partial charge in [-0.25, -0.2) is 0 Å². The Morgan fingerprint density at radius 2 is 2.05 bits per heavy atom. The molecule has 2 rings (SSSR count). The average molecular weight is 337 g/mol. The van der Waals surface area contributed by atoms with Crippen molar-refractivity contribution in [3.8, 4) is 5.75 Å². The predicted octanol–water partition coefficient (Wildman–Crippen LogP) is 2.97. The van der Waals surface area contributed by atoms with Crippen molar-refractivity contribution in [2.75, 3.05) is 6.61 Å². The fraction of sp³-hybridized carbons (Fsp3) is 0.250. The van der Waals surface area contributed by atoms with Gasteiger partial charge in [-0.2, -0.15) is 0 Å². The number of fused-ring (bicyclic) bond motifs is 1. The SMILES string of the molecule is CCOC(=O)c1cc2cc(OC(F)(F)F)ccc2[se]1. The van der Waals surface area contributed by atoms with Crippen LogP contribution in [0.5, 0.6) is 5.75 Å². The van der Waals surface area contributed by atoms with Gasteiger partial charge >= 0.3 is 112 Å². The van der Waals surface area contributed by atoms with Crippen LogP contribution >= 0.6 is 0 Å². The molecular formula is C12H9F3O3Se. The number of rotatable bonds is 3. The second-order valence-electron chi connectivity index (χ2n) is 3.58. The number of hydrogen-bond donors (Lipinski definition) is 0. The Hall–Kier alpha value is -1.46. The third kappa shape index (κ3) is 3.51. The van der Waals surface area contributed by atoms with Crippen molar-refractivity contribution < 1.29 is 27.4 Å². The monoisotopic (exact) mass is 338 g/mol. The summed E-state index contributed by atoms with van der Waals surface area (Å²) in [4.78, 5) is 11.5. The van der Waals surface area contributed by atoms with E-state index < -0.39 is 12.3 Å². The van der Waals surface area contributed by atoms with Crippen LogP contribution in [-0.2, 0) is 4.74 Å². The van der Waals surface area contributed by atoms with E-state index in [1.54, 1.807) is 19.1 Å². The van der Waals surface area contributed by atoms with Crippen molar-refractivity contribution in [1.82, 2.24) is 0 Å². The number of esters is 1. The van der Waals surface area contributed by atoms with Gasteiger partial charge in [0.1, 0.15) is 0 Å². The molecule has 1 aromatic heterocycles. The van der Waals surface area contributed by atoms with E-state index in [0.717, 1.165) is 4.26 Å².